The smallest absolute Gasteiger partial charge is 0.261 e. The van der Waals surface area contributed by atoms with Crippen molar-refractivity contribution in [2.24, 2.45) is 0 Å². The molecule has 0 radical (unpaired) electrons. The van der Waals surface area contributed by atoms with Gasteiger partial charge in [-0.15, -0.1) is 0 Å². The Balaban J connectivity index is 1.88. The largest absolute Gasteiger partial charge is 0.292 e. The van der Waals surface area contributed by atoms with Crippen LogP contribution >= 0.6 is 0 Å². The number of fused-ring (bicyclic) bond motifs is 1. The normalized spacial score (nSPS) is 13.5. The lowest BCUT2D eigenvalue weighted by atomic mass is 10.1. The van der Waals surface area contributed by atoms with Gasteiger partial charge in [-0.25, -0.2) is 4.98 Å². The Morgan fingerprint density at radius 2 is 1.67 bits per heavy atom. The average Bonchev–Trinajstić information content (AvgIpc) is 2.73. The van der Waals surface area contributed by atoms with Crippen molar-refractivity contribution >= 4 is 17.6 Å². The summed E-state index contributed by atoms with van der Waals surface area (Å²) in [5.41, 5.74) is 0.262. The predicted molar refractivity (Wildman–Crippen MR) is 70.3 cm³/mol. The molecule has 0 unspecified atom stereocenters. The molecule has 0 saturated carbocycles. The van der Waals surface area contributed by atoms with E-state index >= 15 is 0 Å². The zero-order valence-corrected chi connectivity index (χ0v) is 10.7. The van der Waals surface area contributed by atoms with Gasteiger partial charge < -0.3 is 0 Å². The van der Waals surface area contributed by atoms with Gasteiger partial charge in [0.05, 0.1) is 23.2 Å². The van der Waals surface area contributed by atoms with E-state index in [0.29, 0.717) is 0 Å². The first-order valence-electron chi connectivity index (χ1n) is 6.18. The SMILES string of the molecule is O=C(CN1C(=O)c2ccccc2C1=O)c1cccnc1F. The lowest BCUT2D eigenvalue weighted by Gasteiger charge is -2.12. The highest BCUT2D eigenvalue weighted by Gasteiger charge is 2.36. The Morgan fingerprint density at radius 1 is 1.05 bits per heavy atom. The van der Waals surface area contributed by atoms with Gasteiger partial charge in [0.15, 0.2) is 5.78 Å². The maximum atomic E-state index is 13.5. The second kappa shape index (κ2) is 4.90. The number of Topliss-reactive ketones (excluding diaryl/α,β-unsaturated/α-hetero) is 1. The Morgan fingerprint density at radius 3 is 2.24 bits per heavy atom. The van der Waals surface area contributed by atoms with Crippen molar-refractivity contribution in [2.45, 2.75) is 0 Å². The summed E-state index contributed by atoms with van der Waals surface area (Å²) in [7, 11) is 0. The molecule has 3 rings (SSSR count). The molecule has 1 aromatic heterocycles. The number of rotatable bonds is 3. The van der Waals surface area contributed by atoms with Crippen molar-refractivity contribution in [1.29, 1.82) is 0 Å². The zero-order chi connectivity index (χ0) is 15.0. The maximum absolute atomic E-state index is 13.5. The van der Waals surface area contributed by atoms with E-state index in [1.807, 2.05) is 0 Å². The van der Waals surface area contributed by atoms with Crippen molar-refractivity contribution in [3.63, 3.8) is 0 Å². The number of ketones is 1. The Labute approximate surface area is 119 Å². The minimum atomic E-state index is -0.917. The summed E-state index contributed by atoms with van der Waals surface area (Å²) in [4.78, 5) is 40.4. The predicted octanol–water partition coefficient (Wildman–Crippen LogP) is 1.70. The fourth-order valence-electron chi connectivity index (χ4n) is 2.21. The molecule has 21 heavy (non-hydrogen) atoms. The molecule has 1 aromatic carbocycles. The molecule has 1 aliphatic rings. The van der Waals surface area contributed by atoms with Gasteiger partial charge in [-0.05, 0) is 24.3 Å². The molecule has 2 amide bonds. The topological polar surface area (TPSA) is 67.3 Å². The molecule has 6 heteroatoms. The van der Waals surface area contributed by atoms with Gasteiger partial charge in [-0.2, -0.15) is 4.39 Å². The monoisotopic (exact) mass is 284 g/mol. The molecule has 104 valence electrons. The van der Waals surface area contributed by atoms with Crippen LogP contribution in [0.1, 0.15) is 31.1 Å². The second-order valence-corrected chi connectivity index (χ2v) is 4.51. The molecule has 2 aromatic rings. The molecule has 2 heterocycles. The third-order valence-electron chi connectivity index (χ3n) is 3.24. The standard InChI is InChI=1S/C15H9FN2O3/c16-13-11(6-3-7-17-13)12(19)8-18-14(20)9-4-1-2-5-10(9)15(18)21/h1-7H,8H2. The number of pyridine rings is 1. The number of halogens is 1. The Kier molecular flexibility index (Phi) is 3.06. The summed E-state index contributed by atoms with van der Waals surface area (Å²) in [5, 5.41) is 0. The van der Waals surface area contributed by atoms with Crippen molar-refractivity contribution in [1.82, 2.24) is 9.88 Å². The summed E-state index contributed by atoms with van der Waals surface area (Å²) in [6, 6.07) is 8.99. The Bertz CT molecular complexity index is 738. The second-order valence-electron chi connectivity index (χ2n) is 4.51. The van der Waals surface area contributed by atoms with Gasteiger partial charge in [-0.1, -0.05) is 12.1 Å². The number of carbonyl (C=O) groups is 3. The summed E-state index contributed by atoms with van der Waals surface area (Å²) in [6.45, 7) is -0.505. The highest BCUT2D eigenvalue weighted by molar-refractivity contribution is 6.23. The lowest BCUT2D eigenvalue weighted by molar-refractivity contribution is 0.0623. The summed E-state index contributed by atoms with van der Waals surface area (Å²) >= 11 is 0. The van der Waals surface area contributed by atoms with E-state index in [0.717, 1.165) is 4.90 Å². The number of hydrogen-bond acceptors (Lipinski definition) is 4. The summed E-state index contributed by atoms with van der Waals surface area (Å²) in [5.74, 6) is -2.68. The minimum Gasteiger partial charge on any atom is -0.292 e. The van der Waals surface area contributed by atoms with Crippen molar-refractivity contribution < 1.29 is 18.8 Å². The molecule has 0 bridgehead atoms. The van der Waals surface area contributed by atoms with Crippen LogP contribution in [-0.4, -0.2) is 34.0 Å². The van der Waals surface area contributed by atoms with Crippen LogP contribution in [0.3, 0.4) is 0 Å². The molecule has 0 atom stereocenters. The van der Waals surface area contributed by atoms with E-state index in [9.17, 15) is 18.8 Å². The first kappa shape index (κ1) is 13.1. The lowest BCUT2D eigenvalue weighted by Crippen LogP contribution is -2.35. The number of nitrogens with zero attached hydrogens (tertiary/aromatic N) is 2. The minimum absolute atomic E-state index is 0.242. The van der Waals surface area contributed by atoms with Gasteiger partial charge in [0.25, 0.3) is 11.8 Å². The highest BCUT2D eigenvalue weighted by atomic mass is 19.1. The van der Waals surface area contributed by atoms with E-state index in [-0.39, 0.29) is 16.7 Å². The number of benzene rings is 1. The molecule has 0 saturated heterocycles. The number of aromatic nitrogens is 1. The first-order valence-corrected chi connectivity index (χ1v) is 6.18. The Hall–Kier alpha value is -2.89. The van der Waals surface area contributed by atoms with E-state index in [4.69, 9.17) is 0 Å². The molecule has 0 spiro atoms. The molecule has 5 nitrogen and oxygen atoms in total. The quantitative estimate of drug-likeness (QED) is 0.489. The molecule has 0 fully saturated rings. The van der Waals surface area contributed by atoms with E-state index in [1.54, 1.807) is 12.1 Å². The number of amides is 2. The van der Waals surface area contributed by atoms with Gasteiger partial charge in [0.2, 0.25) is 5.95 Å². The van der Waals surface area contributed by atoms with Crippen LogP contribution in [-0.2, 0) is 0 Å². The van der Waals surface area contributed by atoms with Crippen molar-refractivity contribution in [3.8, 4) is 0 Å². The van der Waals surface area contributed by atoms with Crippen LogP contribution in [0, 0.1) is 5.95 Å². The van der Waals surface area contributed by atoms with Crippen molar-refractivity contribution in [2.75, 3.05) is 6.54 Å². The van der Waals surface area contributed by atoms with E-state index < -0.39 is 30.1 Å². The number of imide groups is 1. The molecular formula is C15H9FN2O3. The van der Waals surface area contributed by atoms with Gasteiger partial charge in [0, 0.05) is 6.20 Å². The average molecular weight is 284 g/mol. The molecule has 0 aliphatic carbocycles. The van der Waals surface area contributed by atoms with Crippen LogP contribution in [0.25, 0.3) is 0 Å². The summed E-state index contributed by atoms with van der Waals surface area (Å²) < 4.78 is 13.5. The first-order chi connectivity index (χ1) is 10.1. The highest BCUT2D eigenvalue weighted by Crippen LogP contribution is 2.22. The van der Waals surface area contributed by atoms with Gasteiger partial charge in [0.1, 0.15) is 0 Å². The fourth-order valence-corrected chi connectivity index (χ4v) is 2.21. The van der Waals surface area contributed by atoms with Crippen LogP contribution in [0.5, 0.6) is 0 Å². The van der Waals surface area contributed by atoms with Crippen LogP contribution in [0.4, 0.5) is 4.39 Å². The van der Waals surface area contributed by atoms with Gasteiger partial charge in [-0.3, -0.25) is 19.3 Å². The molecule has 0 N–H and O–H groups in total. The number of hydrogen-bond donors (Lipinski definition) is 0. The zero-order valence-electron chi connectivity index (χ0n) is 10.7. The van der Waals surface area contributed by atoms with Crippen molar-refractivity contribution in [3.05, 3.63) is 65.2 Å². The number of carbonyl (C=O) groups excluding carboxylic acids is 3. The maximum Gasteiger partial charge on any atom is 0.261 e. The molecular weight excluding hydrogens is 275 g/mol. The third-order valence-corrected chi connectivity index (χ3v) is 3.24. The fraction of sp³-hybridized carbons (Fsp3) is 0.0667. The summed E-state index contributed by atoms with van der Waals surface area (Å²) in [6.07, 6.45) is 1.22. The van der Waals surface area contributed by atoms with E-state index in [2.05, 4.69) is 4.98 Å². The van der Waals surface area contributed by atoms with Gasteiger partial charge >= 0.3 is 0 Å². The third kappa shape index (κ3) is 2.10. The van der Waals surface area contributed by atoms with Crippen LogP contribution in [0.15, 0.2) is 42.6 Å². The van der Waals surface area contributed by atoms with E-state index in [1.165, 1.54) is 30.5 Å². The molecule has 1 aliphatic heterocycles. The van der Waals surface area contributed by atoms with Crippen LogP contribution in [0.2, 0.25) is 0 Å². The van der Waals surface area contributed by atoms with Crippen LogP contribution < -0.4 is 0 Å².